The Morgan fingerprint density at radius 3 is 2.81 bits per heavy atom. The lowest BCUT2D eigenvalue weighted by Crippen LogP contribution is -2.25. The zero-order valence-corrected chi connectivity index (χ0v) is 16.0. The molecule has 0 aliphatic heterocycles. The Morgan fingerprint density at radius 2 is 1.96 bits per heavy atom. The molecule has 134 valence electrons. The highest BCUT2D eigenvalue weighted by Crippen LogP contribution is 2.36. The number of hydrogen-bond acceptors (Lipinski definition) is 6. The Bertz CT molecular complexity index is 1040. The van der Waals surface area contributed by atoms with Gasteiger partial charge in [-0.1, -0.05) is 32.0 Å². The third kappa shape index (κ3) is 3.22. The van der Waals surface area contributed by atoms with Gasteiger partial charge in [-0.15, -0.1) is 11.3 Å². The monoisotopic (exact) mass is 365 g/mol. The SMILES string of the molecule is CCN(CC)CCCNc1ncnc2c1sc1nc3ccccc3cc12. The first-order valence-corrected chi connectivity index (χ1v) is 10.0. The van der Waals surface area contributed by atoms with Crippen LogP contribution in [0.1, 0.15) is 20.3 Å². The molecule has 4 aromatic rings. The molecule has 6 heteroatoms. The van der Waals surface area contributed by atoms with E-state index < -0.39 is 0 Å². The number of nitrogens with zero attached hydrogens (tertiary/aromatic N) is 4. The van der Waals surface area contributed by atoms with Crippen molar-refractivity contribution in [2.75, 3.05) is 31.5 Å². The van der Waals surface area contributed by atoms with Crippen LogP contribution in [-0.2, 0) is 0 Å². The predicted octanol–water partition coefficient (Wildman–Crippen LogP) is 4.54. The molecular formula is C20H23N5S. The molecule has 5 nitrogen and oxygen atoms in total. The van der Waals surface area contributed by atoms with E-state index in [2.05, 4.69) is 52.2 Å². The molecule has 0 radical (unpaired) electrons. The van der Waals surface area contributed by atoms with Gasteiger partial charge in [0.1, 0.15) is 17.0 Å². The number of rotatable bonds is 7. The first kappa shape index (κ1) is 17.1. The molecule has 0 saturated carbocycles. The second-order valence-electron chi connectivity index (χ2n) is 6.34. The van der Waals surface area contributed by atoms with Crippen LogP contribution >= 0.6 is 11.3 Å². The predicted molar refractivity (Wildman–Crippen MR) is 111 cm³/mol. The highest BCUT2D eigenvalue weighted by atomic mass is 32.1. The molecule has 0 saturated heterocycles. The summed E-state index contributed by atoms with van der Waals surface area (Å²) in [6.07, 6.45) is 2.75. The Balaban J connectivity index is 1.62. The number of para-hydroxylation sites is 1. The lowest BCUT2D eigenvalue weighted by Gasteiger charge is -2.17. The Hall–Kier alpha value is -2.31. The van der Waals surface area contributed by atoms with Crippen LogP contribution in [0.25, 0.3) is 31.3 Å². The molecule has 0 aliphatic rings. The third-order valence-electron chi connectivity index (χ3n) is 4.78. The van der Waals surface area contributed by atoms with Crippen molar-refractivity contribution in [1.29, 1.82) is 0 Å². The summed E-state index contributed by atoms with van der Waals surface area (Å²) in [7, 11) is 0. The summed E-state index contributed by atoms with van der Waals surface area (Å²) >= 11 is 1.67. The number of anilines is 1. The molecule has 1 aromatic carbocycles. The molecule has 1 N–H and O–H groups in total. The summed E-state index contributed by atoms with van der Waals surface area (Å²) in [6.45, 7) is 8.63. The van der Waals surface area contributed by atoms with Crippen molar-refractivity contribution in [1.82, 2.24) is 19.9 Å². The van der Waals surface area contributed by atoms with Gasteiger partial charge in [-0.2, -0.15) is 0 Å². The van der Waals surface area contributed by atoms with Crippen molar-refractivity contribution < 1.29 is 0 Å². The van der Waals surface area contributed by atoms with Gasteiger partial charge in [-0.25, -0.2) is 15.0 Å². The van der Waals surface area contributed by atoms with E-state index in [9.17, 15) is 0 Å². The molecule has 3 aromatic heterocycles. The second-order valence-corrected chi connectivity index (χ2v) is 7.34. The molecule has 26 heavy (non-hydrogen) atoms. The molecule has 0 bridgehead atoms. The number of nitrogens with one attached hydrogen (secondary N) is 1. The van der Waals surface area contributed by atoms with Gasteiger partial charge in [0.25, 0.3) is 0 Å². The fourth-order valence-electron chi connectivity index (χ4n) is 3.28. The standard InChI is InChI=1S/C20H23N5S/c1-3-25(4-2)11-7-10-21-19-18-17(22-13-23-19)15-12-14-8-5-6-9-16(14)24-20(15)26-18/h5-6,8-9,12-13H,3-4,7,10-11H2,1-2H3,(H,21,22,23). The zero-order valence-electron chi connectivity index (χ0n) is 15.2. The molecule has 0 aliphatic carbocycles. The Labute approximate surface area is 157 Å². The molecule has 0 fully saturated rings. The van der Waals surface area contributed by atoms with E-state index >= 15 is 0 Å². The van der Waals surface area contributed by atoms with Crippen molar-refractivity contribution in [3.63, 3.8) is 0 Å². The van der Waals surface area contributed by atoms with Gasteiger partial charge in [0.05, 0.1) is 15.7 Å². The zero-order chi connectivity index (χ0) is 17.9. The molecule has 0 atom stereocenters. The number of hydrogen-bond donors (Lipinski definition) is 1. The lowest BCUT2D eigenvalue weighted by atomic mass is 10.2. The van der Waals surface area contributed by atoms with E-state index in [0.29, 0.717) is 0 Å². The number of fused-ring (bicyclic) bond motifs is 4. The van der Waals surface area contributed by atoms with Crippen LogP contribution in [0.15, 0.2) is 36.7 Å². The minimum atomic E-state index is 0.909. The molecule has 0 unspecified atom stereocenters. The number of thiophene rings is 1. The fraction of sp³-hybridized carbons (Fsp3) is 0.350. The summed E-state index contributed by atoms with van der Waals surface area (Å²) in [5, 5.41) is 5.75. The summed E-state index contributed by atoms with van der Waals surface area (Å²) in [6, 6.07) is 10.4. The normalized spacial score (nSPS) is 11.8. The van der Waals surface area contributed by atoms with E-state index in [1.54, 1.807) is 17.7 Å². The van der Waals surface area contributed by atoms with Crippen molar-refractivity contribution in [3.05, 3.63) is 36.7 Å². The molecule has 4 rings (SSSR count). The van der Waals surface area contributed by atoms with Crippen molar-refractivity contribution in [2.45, 2.75) is 20.3 Å². The summed E-state index contributed by atoms with van der Waals surface area (Å²) < 4.78 is 1.09. The van der Waals surface area contributed by atoms with Crippen LogP contribution in [0.5, 0.6) is 0 Å². The highest BCUT2D eigenvalue weighted by Gasteiger charge is 2.13. The molecular weight excluding hydrogens is 342 g/mol. The minimum Gasteiger partial charge on any atom is -0.369 e. The third-order valence-corrected chi connectivity index (χ3v) is 5.88. The molecule has 3 heterocycles. The van der Waals surface area contributed by atoms with Crippen molar-refractivity contribution in [2.24, 2.45) is 0 Å². The maximum Gasteiger partial charge on any atom is 0.147 e. The minimum absolute atomic E-state index is 0.909. The van der Waals surface area contributed by atoms with Crippen LogP contribution < -0.4 is 5.32 Å². The van der Waals surface area contributed by atoms with E-state index in [4.69, 9.17) is 4.98 Å². The van der Waals surface area contributed by atoms with Gasteiger partial charge in [0, 0.05) is 17.3 Å². The first-order valence-electron chi connectivity index (χ1n) is 9.19. The highest BCUT2D eigenvalue weighted by molar-refractivity contribution is 7.26. The van der Waals surface area contributed by atoms with Gasteiger partial charge >= 0.3 is 0 Å². The topological polar surface area (TPSA) is 53.9 Å². The molecule has 0 amide bonds. The van der Waals surface area contributed by atoms with E-state index in [1.165, 1.54) is 0 Å². The van der Waals surface area contributed by atoms with Crippen LogP contribution in [0, 0.1) is 0 Å². The summed E-state index contributed by atoms with van der Waals surface area (Å²) in [5.74, 6) is 0.918. The van der Waals surface area contributed by atoms with Crippen LogP contribution in [0.3, 0.4) is 0 Å². The van der Waals surface area contributed by atoms with E-state index in [1.807, 2.05) is 12.1 Å². The van der Waals surface area contributed by atoms with Gasteiger partial charge in [-0.3, -0.25) is 0 Å². The maximum absolute atomic E-state index is 4.81. The average Bonchev–Trinajstić information content (AvgIpc) is 3.04. The molecule has 0 spiro atoms. The fourth-order valence-corrected chi connectivity index (χ4v) is 4.36. The number of benzene rings is 1. The number of pyridine rings is 1. The van der Waals surface area contributed by atoms with Crippen LogP contribution in [-0.4, -0.2) is 46.0 Å². The first-order chi connectivity index (χ1) is 12.8. The van der Waals surface area contributed by atoms with Crippen LogP contribution in [0.2, 0.25) is 0 Å². The van der Waals surface area contributed by atoms with E-state index in [-0.39, 0.29) is 0 Å². The summed E-state index contributed by atoms with van der Waals surface area (Å²) in [5.41, 5.74) is 2.01. The quantitative estimate of drug-likeness (QED) is 0.487. The van der Waals surface area contributed by atoms with E-state index in [0.717, 1.165) is 69.8 Å². The van der Waals surface area contributed by atoms with Gasteiger partial charge in [0.2, 0.25) is 0 Å². The van der Waals surface area contributed by atoms with Gasteiger partial charge in [-0.05, 0) is 38.2 Å². The average molecular weight is 366 g/mol. The maximum atomic E-state index is 4.81. The van der Waals surface area contributed by atoms with Crippen molar-refractivity contribution in [3.8, 4) is 0 Å². The lowest BCUT2D eigenvalue weighted by molar-refractivity contribution is 0.303. The van der Waals surface area contributed by atoms with Crippen molar-refractivity contribution >= 4 is 48.5 Å². The van der Waals surface area contributed by atoms with Crippen LogP contribution in [0.4, 0.5) is 5.82 Å². The number of aromatic nitrogens is 3. The Morgan fingerprint density at radius 1 is 1.12 bits per heavy atom. The van der Waals surface area contributed by atoms with Gasteiger partial charge < -0.3 is 10.2 Å². The van der Waals surface area contributed by atoms with Gasteiger partial charge in [0.15, 0.2) is 0 Å². The Kier molecular flexibility index (Phi) is 4.95. The second kappa shape index (κ2) is 7.51. The summed E-state index contributed by atoms with van der Waals surface area (Å²) in [4.78, 5) is 17.3. The largest absolute Gasteiger partial charge is 0.369 e. The smallest absolute Gasteiger partial charge is 0.147 e.